The summed E-state index contributed by atoms with van der Waals surface area (Å²) in [5.41, 5.74) is 5.92. The Morgan fingerprint density at radius 2 is 1.83 bits per heavy atom. The predicted octanol–water partition coefficient (Wildman–Crippen LogP) is 3.97. The van der Waals surface area contributed by atoms with Crippen LogP contribution in [0.4, 0.5) is 10.1 Å². The zero-order valence-electron chi connectivity index (χ0n) is 9.61. The lowest BCUT2D eigenvalue weighted by atomic mass is 10.3. The number of nitrogen functional groups attached to an aromatic ring is 1. The van der Waals surface area contributed by atoms with Gasteiger partial charge in [-0.2, -0.15) is 0 Å². The van der Waals surface area contributed by atoms with E-state index in [1.165, 1.54) is 18.2 Å². The summed E-state index contributed by atoms with van der Waals surface area (Å²) < 4.78 is 24.3. The second-order valence-electron chi connectivity index (χ2n) is 3.58. The highest BCUT2D eigenvalue weighted by Crippen LogP contribution is 2.34. The number of anilines is 1. The van der Waals surface area contributed by atoms with Gasteiger partial charge >= 0.3 is 0 Å². The SMILES string of the molecule is COc1ccc(Oc2ccc(F)cc2N)c(Br)c1. The van der Waals surface area contributed by atoms with Crippen LogP contribution in [0.15, 0.2) is 40.9 Å². The summed E-state index contributed by atoms with van der Waals surface area (Å²) >= 11 is 3.36. The Balaban J connectivity index is 2.28. The number of ether oxygens (including phenoxy) is 2. The lowest BCUT2D eigenvalue weighted by Crippen LogP contribution is -1.93. The van der Waals surface area contributed by atoms with Crippen molar-refractivity contribution in [2.24, 2.45) is 0 Å². The van der Waals surface area contributed by atoms with Crippen LogP contribution in [-0.4, -0.2) is 7.11 Å². The third-order valence-electron chi connectivity index (χ3n) is 2.33. The van der Waals surface area contributed by atoms with Crippen LogP contribution in [0.1, 0.15) is 0 Å². The molecule has 0 atom stereocenters. The number of halogens is 2. The van der Waals surface area contributed by atoms with Crippen molar-refractivity contribution in [2.75, 3.05) is 12.8 Å². The van der Waals surface area contributed by atoms with Crippen molar-refractivity contribution in [1.29, 1.82) is 0 Å². The second kappa shape index (κ2) is 5.27. The Hall–Kier alpha value is -1.75. The molecule has 94 valence electrons. The van der Waals surface area contributed by atoms with E-state index in [0.29, 0.717) is 17.2 Å². The van der Waals surface area contributed by atoms with Gasteiger partial charge in [0, 0.05) is 6.07 Å². The minimum Gasteiger partial charge on any atom is -0.497 e. The fourth-order valence-corrected chi connectivity index (χ4v) is 1.86. The van der Waals surface area contributed by atoms with Gasteiger partial charge in [0.1, 0.15) is 17.3 Å². The summed E-state index contributed by atoms with van der Waals surface area (Å²) in [5, 5.41) is 0. The molecule has 0 bridgehead atoms. The zero-order valence-corrected chi connectivity index (χ0v) is 11.2. The highest BCUT2D eigenvalue weighted by molar-refractivity contribution is 9.10. The molecule has 0 radical (unpaired) electrons. The molecule has 2 aromatic carbocycles. The summed E-state index contributed by atoms with van der Waals surface area (Å²) in [7, 11) is 1.58. The average Bonchev–Trinajstić information content (AvgIpc) is 2.34. The van der Waals surface area contributed by atoms with Crippen LogP contribution in [0.2, 0.25) is 0 Å². The minimum absolute atomic E-state index is 0.248. The van der Waals surface area contributed by atoms with Gasteiger partial charge in [-0.05, 0) is 46.3 Å². The first-order chi connectivity index (χ1) is 8.60. The van der Waals surface area contributed by atoms with E-state index in [1.807, 2.05) is 0 Å². The number of hydrogen-bond donors (Lipinski definition) is 1. The van der Waals surface area contributed by atoms with Crippen molar-refractivity contribution < 1.29 is 13.9 Å². The van der Waals surface area contributed by atoms with Crippen LogP contribution in [0.3, 0.4) is 0 Å². The Bertz CT molecular complexity index is 575. The van der Waals surface area contributed by atoms with Crippen LogP contribution >= 0.6 is 15.9 Å². The molecule has 0 saturated carbocycles. The number of methoxy groups -OCH3 is 1. The monoisotopic (exact) mass is 311 g/mol. The highest BCUT2D eigenvalue weighted by Gasteiger charge is 2.07. The largest absolute Gasteiger partial charge is 0.497 e. The first kappa shape index (κ1) is 12.7. The molecule has 0 aromatic heterocycles. The fourth-order valence-electron chi connectivity index (χ4n) is 1.42. The smallest absolute Gasteiger partial charge is 0.150 e. The Morgan fingerprint density at radius 1 is 1.11 bits per heavy atom. The predicted molar refractivity (Wildman–Crippen MR) is 71.6 cm³/mol. The topological polar surface area (TPSA) is 44.5 Å². The van der Waals surface area contributed by atoms with Crippen molar-refractivity contribution in [2.45, 2.75) is 0 Å². The average molecular weight is 312 g/mol. The molecule has 2 aromatic rings. The molecule has 2 rings (SSSR count). The molecule has 18 heavy (non-hydrogen) atoms. The van der Waals surface area contributed by atoms with E-state index >= 15 is 0 Å². The Morgan fingerprint density at radius 3 is 2.44 bits per heavy atom. The quantitative estimate of drug-likeness (QED) is 0.872. The molecule has 3 nitrogen and oxygen atoms in total. The molecule has 0 saturated heterocycles. The Kier molecular flexibility index (Phi) is 3.72. The molecule has 0 aliphatic heterocycles. The summed E-state index contributed by atoms with van der Waals surface area (Å²) in [6.07, 6.45) is 0. The molecule has 0 aliphatic rings. The van der Waals surface area contributed by atoms with Crippen molar-refractivity contribution in [1.82, 2.24) is 0 Å². The van der Waals surface area contributed by atoms with Crippen LogP contribution in [-0.2, 0) is 0 Å². The molecular weight excluding hydrogens is 301 g/mol. The summed E-state index contributed by atoms with van der Waals surface area (Å²) in [6, 6.07) is 9.28. The lowest BCUT2D eigenvalue weighted by molar-refractivity contribution is 0.412. The maximum absolute atomic E-state index is 12.9. The maximum atomic E-state index is 12.9. The summed E-state index contributed by atoms with van der Waals surface area (Å²) in [4.78, 5) is 0. The van der Waals surface area contributed by atoms with E-state index in [0.717, 1.165) is 4.47 Å². The van der Waals surface area contributed by atoms with Crippen LogP contribution in [0.25, 0.3) is 0 Å². The molecule has 0 aliphatic carbocycles. The van der Waals surface area contributed by atoms with E-state index < -0.39 is 5.82 Å². The van der Waals surface area contributed by atoms with Gasteiger partial charge in [-0.25, -0.2) is 4.39 Å². The van der Waals surface area contributed by atoms with Gasteiger partial charge in [0.15, 0.2) is 5.75 Å². The van der Waals surface area contributed by atoms with Gasteiger partial charge in [-0.1, -0.05) is 0 Å². The number of rotatable bonds is 3. The van der Waals surface area contributed by atoms with E-state index in [9.17, 15) is 4.39 Å². The highest BCUT2D eigenvalue weighted by atomic mass is 79.9. The Labute approximate surface area is 112 Å². The lowest BCUT2D eigenvalue weighted by Gasteiger charge is -2.10. The van der Waals surface area contributed by atoms with Crippen LogP contribution < -0.4 is 15.2 Å². The van der Waals surface area contributed by atoms with E-state index in [1.54, 1.807) is 25.3 Å². The summed E-state index contributed by atoms with van der Waals surface area (Å²) in [6.45, 7) is 0. The maximum Gasteiger partial charge on any atom is 0.150 e. The van der Waals surface area contributed by atoms with Crippen molar-refractivity contribution >= 4 is 21.6 Å². The van der Waals surface area contributed by atoms with Gasteiger partial charge in [0.2, 0.25) is 0 Å². The minimum atomic E-state index is -0.395. The van der Waals surface area contributed by atoms with Gasteiger partial charge in [0.05, 0.1) is 17.3 Å². The molecule has 0 unspecified atom stereocenters. The molecule has 2 N–H and O–H groups in total. The summed E-state index contributed by atoms with van der Waals surface area (Å²) in [5.74, 6) is 1.30. The van der Waals surface area contributed by atoms with E-state index in [-0.39, 0.29) is 5.69 Å². The van der Waals surface area contributed by atoms with E-state index in [4.69, 9.17) is 15.2 Å². The van der Waals surface area contributed by atoms with Crippen LogP contribution in [0, 0.1) is 5.82 Å². The van der Waals surface area contributed by atoms with Gasteiger partial charge in [0.25, 0.3) is 0 Å². The third kappa shape index (κ3) is 2.73. The third-order valence-corrected chi connectivity index (χ3v) is 2.95. The van der Waals surface area contributed by atoms with Crippen LogP contribution in [0.5, 0.6) is 17.2 Å². The molecule has 0 fully saturated rings. The standard InChI is InChI=1S/C13H11BrFNO2/c1-17-9-3-5-12(10(14)7-9)18-13-4-2-8(15)6-11(13)16/h2-7H,16H2,1H3. The van der Waals surface area contributed by atoms with E-state index in [2.05, 4.69) is 15.9 Å². The molecule has 0 heterocycles. The van der Waals surface area contributed by atoms with Crippen molar-refractivity contribution in [3.05, 3.63) is 46.7 Å². The number of benzene rings is 2. The second-order valence-corrected chi connectivity index (χ2v) is 4.43. The normalized spacial score (nSPS) is 10.2. The van der Waals surface area contributed by atoms with Gasteiger partial charge < -0.3 is 15.2 Å². The molecule has 0 amide bonds. The van der Waals surface area contributed by atoms with Crippen molar-refractivity contribution in [3.63, 3.8) is 0 Å². The number of hydrogen-bond acceptors (Lipinski definition) is 3. The fraction of sp³-hybridized carbons (Fsp3) is 0.0769. The van der Waals surface area contributed by atoms with Gasteiger partial charge in [-0.3, -0.25) is 0 Å². The first-order valence-corrected chi connectivity index (χ1v) is 5.96. The molecule has 0 spiro atoms. The first-order valence-electron chi connectivity index (χ1n) is 5.16. The van der Waals surface area contributed by atoms with Gasteiger partial charge in [-0.15, -0.1) is 0 Å². The molecule has 5 heteroatoms. The number of nitrogens with two attached hydrogens (primary N) is 1. The molecular formula is C13H11BrFNO2. The zero-order chi connectivity index (χ0) is 13.1. The van der Waals surface area contributed by atoms with Crippen molar-refractivity contribution in [3.8, 4) is 17.2 Å².